The zero-order valence-corrected chi connectivity index (χ0v) is 21.8. The van der Waals surface area contributed by atoms with Crippen molar-refractivity contribution in [2.75, 3.05) is 10.6 Å². The lowest BCUT2D eigenvalue weighted by atomic mass is 10.0. The molecule has 0 saturated carbocycles. The molecule has 0 fully saturated rings. The molecule has 4 aromatic rings. The molecule has 4 N–H and O–H groups in total. The Balaban J connectivity index is 1.18. The number of carbonyl (C=O) groups is 6. The summed E-state index contributed by atoms with van der Waals surface area (Å²) in [7, 11) is 0. The molecule has 0 bridgehead atoms. The third-order valence-corrected chi connectivity index (χ3v) is 6.84. The number of fused-ring (bicyclic) bond motifs is 2. The molecule has 2 aliphatic rings. The Hall–Kier alpha value is -6.30. The molecule has 0 atom stereocenters. The maximum Gasteiger partial charge on any atom is 0.346 e. The Morgan fingerprint density at radius 3 is 1.35 bits per heavy atom. The molecule has 4 aromatic carbocycles. The number of cyclic esters (lactones) is 4. The zero-order chi connectivity index (χ0) is 30.4. The molecule has 2 amide bonds. The number of benzene rings is 4. The van der Waals surface area contributed by atoms with Crippen molar-refractivity contribution in [1.29, 1.82) is 0 Å². The van der Waals surface area contributed by atoms with Crippen LogP contribution in [0.5, 0.6) is 11.5 Å². The highest BCUT2D eigenvalue weighted by atomic mass is 16.6. The number of anilines is 2. The first kappa shape index (κ1) is 26.9. The minimum Gasteiger partial charge on any atom is -0.506 e. The molecule has 12 heteroatoms. The summed E-state index contributed by atoms with van der Waals surface area (Å²) in [6, 6.07) is 16.9. The van der Waals surface area contributed by atoms with Gasteiger partial charge in [0.25, 0.3) is 11.8 Å². The number of phenols is 2. The Labute approximate surface area is 241 Å². The monoisotopic (exact) mass is 578 g/mol. The lowest BCUT2D eigenvalue weighted by Gasteiger charge is -2.12. The highest BCUT2D eigenvalue weighted by molar-refractivity contribution is 6.17. The maximum atomic E-state index is 12.9. The molecular formula is C31H18N2O10. The summed E-state index contributed by atoms with van der Waals surface area (Å²) in [4.78, 5) is 72.7. The van der Waals surface area contributed by atoms with Crippen LogP contribution in [0.2, 0.25) is 0 Å². The summed E-state index contributed by atoms with van der Waals surface area (Å²) in [6.45, 7) is 0. The molecule has 2 aliphatic heterocycles. The van der Waals surface area contributed by atoms with E-state index in [4.69, 9.17) is 0 Å². The largest absolute Gasteiger partial charge is 0.506 e. The fraction of sp³-hybridized carbons (Fsp3) is 0.0323. The summed E-state index contributed by atoms with van der Waals surface area (Å²) in [5.74, 6) is -4.99. The number of hydrogen-bond acceptors (Lipinski definition) is 10. The predicted octanol–water partition coefficient (Wildman–Crippen LogP) is 3.81. The smallest absolute Gasteiger partial charge is 0.346 e. The van der Waals surface area contributed by atoms with Crippen LogP contribution in [0.4, 0.5) is 11.4 Å². The van der Waals surface area contributed by atoms with E-state index >= 15 is 0 Å². The van der Waals surface area contributed by atoms with E-state index in [9.17, 15) is 39.0 Å². The van der Waals surface area contributed by atoms with Gasteiger partial charge in [-0.2, -0.15) is 0 Å². The topological polar surface area (TPSA) is 185 Å². The van der Waals surface area contributed by atoms with Gasteiger partial charge in [-0.15, -0.1) is 0 Å². The second-order valence-corrected chi connectivity index (χ2v) is 9.66. The number of esters is 4. The van der Waals surface area contributed by atoms with Gasteiger partial charge in [-0.3, -0.25) is 9.59 Å². The van der Waals surface area contributed by atoms with E-state index in [-0.39, 0.29) is 62.7 Å². The molecule has 0 unspecified atom stereocenters. The van der Waals surface area contributed by atoms with Gasteiger partial charge in [0, 0.05) is 11.1 Å². The summed E-state index contributed by atoms with van der Waals surface area (Å²) in [5, 5.41) is 25.9. The average molecular weight is 578 g/mol. The molecule has 0 aliphatic carbocycles. The average Bonchev–Trinajstić information content (AvgIpc) is 3.44. The van der Waals surface area contributed by atoms with Gasteiger partial charge in [-0.05, 0) is 78.2 Å². The second-order valence-electron chi connectivity index (χ2n) is 9.66. The molecule has 12 nitrogen and oxygen atoms in total. The normalized spacial score (nSPS) is 13.2. The molecule has 6 rings (SSSR count). The van der Waals surface area contributed by atoms with Gasteiger partial charge >= 0.3 is 23.9 Å². The van der Waals surface area contributed by atoms with Crippen molar-refractivity contribution < 1.29 is 48.5 Å². The molecule has 212 valence electrons. The van der Waals surface area contributed by atoms with Crippen molar-refractivity contribution in [3.05, 3.63) is 117 Å². The molecule has 0 aromatic heterocycles. The van der Waals surface area contributed by atoms with Crippen LogP contribution in [0.3, 0.4) is 0 Å². The number of ether oxygens (including phenoxy) is 2. The summed E-state index contributed by atoms with van der Waals surface area (Å²) in [6.07, 6.45) is 0.270. The van der Waals surface area contributed by atoms with Gasteiger partial charge in [0.1, 0.15) is 11.5 Å². The van der Waals surface area contributed by atoms with E-state index in [0.29, 0.717) is 11.1 Å². The van der Waals surface area contributed by atoms with Crippen LogP contribution in [-0.2, 0) is 15.9 Å². The van der Waals surface area contributed by atoms with Gasteiger partial charge in [-0.25, -0.2) is 19.2 Å². The number of aromatic hydroxyl groups is 2. The number of hydrogen-bond donors (Lipinski definition) is 4. The first-order valence-corrected chi connectivity index (χ1v) is 12.6. The second kappa shape index (κ2) is 10.3. The number of phenolic OH excluding ortho intramolecular Hbond substituents is 2. The molecule has 43 heavy (non-hydrogen) atoms. The highest BCUT2D eigenvalue weighted by Gasteiger charge is 2.31. The number of carbonyl (C=O) groups excluding carboxylic acids is 6. The van der Waals surface area contributed by atoms with Crippen molar-refractivity contribution in [2.24, 2.45) is 0 Å². The van der Waals surface area contributed by atoms with Gasteiger partial charge in [0.05, 0.1) is 33.6 Å². The highest BCUT2D eigenvalue weighted by Crippen LogP contribution is 2.30. The first-order chi connectivity index (χ1) is 20.6. The van der Waals surface area contributed by atoms with E-state index in [1.807, 2.05) is 0 Å². The maximum absolute atomic E-state index is 12.9. The standard InChI is InChI=1S/C31H18N2O10/c34-24-7-1-14(10-22(24)32-26(36)16-3-5-18-20(12-16)30(40)42-28(18)38)9-15-2-8-25(35)23(11-15)33-27(37)17-4-6-19-21(13-17)31(41)43-29(19)39/h1-8,10-13,34-35H,9H2,(H,32,36)(H,33,37). The van der Waals surface area contributed by atoms with Crippen LogP contribution in [0.25, 0.3) is 0 Å². The SMILES string of the molecule is O=C(Nc1cc(Cc2ccc(O)c(NC(=O)c3ccc4c(c3)C(=O)OC4=O)c2)ccc1O)c1ccc2c(c1)C(=O)OC2=O. The van der Waals surface area contributed by atoms with E-state index in [2.05, 4.69) is 20.1 Å². The number of amides is 2. The fourth-order valence-electron chi connectivity index (χ4n) is 4.66. The molecule has 0 spiro atoms. The van der Waals surface area contributed by atoms with Crippen LogP contribution in [0.1, 0.15) is 73.3 Å². The van der Waals surface area contributed by atoms with Gasteiger partial charge in [0.2, 0.25) is 0 Å². The van der Waals surface area contributed by atoms with Crippen molar-refractivity contribution in [3.63, 3.8) is 0 Å². The van der Waals surface area contributed by atoms with Crippen molar-refractivity contribution in [3.8, 4) is 11.5 Å². The van der Waals surface area contributed by atoms with Crippen LogP contribution in [-0.4, -0.2) is 45.9 Å². The van der Waals surface area contributed by atoms with Crippen LogP contribution in [0, 0.1) is 0 Å². The zero-order valence-electron chi connectivity index (χ0n) is 21.8. The van der Waals surface area contributed by atoms with E-state index in [1.165, 1.54) is 60.7 Å². The van der Waals surface area contributed by atoms with Crippen molar-refractivity contribution >= 4 is 47.1 Å². The quantitative estimate of drug-likeness (QED) is 0.149. The van der Waals surface area contributed by atoms with Crippen molar-refractivity contribution in [2.45, 2.75) is 6.42 Å². The Morgan fingerprint density at radius 1 is 0.535 bits per heavy atom. The van der Waals surface area contributed by atoms with E-state index in [0.717, 1.165) is 0 Å². The minimum absolute atomic E-state index is 0.0281. The Kier molecular flexibility index (Phi) is 6.42. The van der Waals surface area contributed by atoms with Crippen molar-refractivity contribution in [1.82, 2.24) is 0 Å². The lowest BCUT2D eigenvalue weighted by molar-refractivity contribution is 0.0425. The van der Waals surface area contributed by atoms with Crippen LogP contribution in [0.15, 0.2) is 72.8 Å². The van der Waals surface area contributed by atoms with Crippen LogP contribution < -0.4 is 10.6 Å². The molecular weight excluding hydrogens is 560 g/mol. The van der Waals surface area contributed by atoms with Gasteiger partial charge < -0.3 is 30.3 Å². The predicted molar refractivity (Wildman–Crippen MR) is 147 cm³/mol. The lowest BCUT2D eigenvalue weighted by Crippen LogP contribution is -2.13. The number of rotatable bonds is 6. The van der Waals surface area contributed by atoms with Gasteiger partial charge in [0.15, 0.2) is 0 Å². The summed E-state index contributed by atoms with van der Waals surface area (Å²) < 4.78 is 9.08. The Morgan fingerprint density at radius 2 is 0.930 bits per heavy atom. The first-order valence-electron chi connectivity index (χ1n) is 12.6. The third-order valence-electron chi connectivity index (χ3n) is 6.84. The fourth-order valence-corrected chi connectivity index (χ4v) is 4.66. The molecule has 0 radical (unpaired) electrons. The summed E-state index contributed by atoms with van der Waals surface area (Å²) >= 11 is 0. The minimum atomic E-state index is -0.850. The Bertz CT molecular complexity index is 1810. The van der Waals surface area contributed by atoms with Gasteiger partial charge in [-0.1, -0.05) is 12.1 Å². The molecule has 2 heterocycles. The van der Waals surface area contributed by atoms with E-state index < -0.39 is 35.7 Å². The number of nitrogens with one attached hydrogen (secondary N) is 2. The van der Waals surface area contributed by atoms with E-state index in [1.54, 1.807) is 12.1 Å². The van der Waals surface area contributed by atoms with Crippen LogP contribution >= 0.6 is 0 Å². The third kappa shape index (κ3) is 5.04. The summed E-state index contributed by atoms with van der Waals surface area (Å²) in [5.41, 5.74) is 1.68. The molecule has 0 saturated heterocycles.